The highest BCUT2D eigenvalue weighted by Crippen LogP contribution is 2.28. The first kappa shape index (κ1) is 18.8. The Morgan fingerprint density at radius 2 is 2.12 bits per heavy atom. The largest absolute Gasteiger partial charge is 0.493 e. The number of rotatable bonds is 9. The second-order valence-electron chi connectivity index (χ2n) is 6.11. The number of hydrogen-bond acceptors (Lipinski definition) is 4. The Bertz CT molecular complexity index is 732. The fourth-order valence-electron chi connectivity index (χ4n) is 2.25. The lowest BCUT2D eigenvalue weighted by molar-refractivity contribution is 0.104. The van der Waals surface area contributed by atoms with Crippen LogP contribution in [0.4, 0.5) is 0 Å². The summed E-state index contributed by atoms with van der Waals surface area (Å²) < 4.78 is 12.9. The van der Waals surface area contributed by atoms with Crippen LogP contribution in [0.3, 0.4) is 0 Å². The van der Waals surface area contributed by atoms with Gasteiger partial charge in [-0.2, -0.15) is 5.10 Å². The van der Waals surface area contributed by atoms with Gasteiger partial charge in [-0.1, -0.05) is 25.5 Å². The summed E-state index contributed by atoms with van der Waals surface area (Å²) in [7, 11) is 1.62. The SMILES string of the molecule is CCCCOc1cc(/C=C/C(=O)c2cnn(C(C)C)c2)ccc1OC. The topological polar surface area (TPSA) is 53.3 Å². The van der Waals surface area contributed by atoms with Gasteiger partial charge in [-0.3, -0.25) is 9.48 Å². The molecule has 5 nitrogen and oxygen atoms in total. The van der Waals surface area contributed by atoms with Gasteiger partial charge < -0.3 is 9.47 Å². The van der Waals surface area contributed by atoms with Crippen LogP contribution in [0, 0.1) is 0 Å². The molecule has 0 saturated heterocycles. The molecule has 1 aromatic heterocycles. The number of unbranched alkanes of at least 4 members (excludes halogenated alkanes) is 1. The zero-order chi connectivity index (χ0) is 18.2. The molecule has 0 aliphatic rings. The third kappa shape index (κ3) is 5.21. The third-order valence-corrected chi connectivity index (χ3v) is 3.79. The van der Waals surface area contributed by atoms with E-state index in [1.807, 2.05) is 32.0 Å². The zero-order valence-electron chi connectivity index (χ0n) is 15.4. The smallest absolute Gasteiger partial charge is 0.189 e. The molecule has 1 aromatic carbocycles. The van der Waals surface area contributed by atoms with Crippen molar-refractivity contribution in [2.24, 2.45) is 0 Å². The molecular weight excluding hydrogens is 316 g/mol. The molecule has 0 unspecified atom stereocenters. The number of methoxy groups -OCH3 is 1. The van der Waals surface area contributed by atoms with Crippen LogP contribution < -0.4 is 9.47 Å². The highest BCUT2D eigenvalue weighted by atomic mass is 16.5. The lowest BCUT2D eigenvalue weighted by Crippen LogP contribution is -2.00. The molecule has 0 aliphatic heterocycles. The predicted molar refractivity (Wildman–Crippen MR) is 99.4 cm³/mol. The number of carbonyl (C=O) groups excluding carboxylic acids is 1. The molecule has 0 amide bonds. The van der Waals surface area contributed by atoms with E-state index in [0.717, 1.165) is 18.4 Å². The first-order valence-electron chi connectivity index (χ1n) is 8.62. The summed E-state index contributed by atoms with van der Waals surface area (Å²) in [5, 5.41) is 4.20. The average molecular weight is 342 g/mol. The molecule has 0 N–H and O–H groups in total. The van der Waals surface area contributed by atoms with Crippen molar-refractivity contribution in [3.63, 3.8) is 0 Å². The number of benzene rings is 1. The van der Waals surface area contributed by atoms with E-state index in [2.05, 4.69) is 12.0 Å². The maximum atomic E-state index is 12.3. The van der Waals surface area contributed by atoms with Crippen molar-refractivity contribution in [3.8, 4) is 11.5 Å². The van der Waals surface area contributed by atoms with E-state index in [9.17, 15) is 4.79 Å². The fraction of sp³-hybridized carbons (Fsp3) is 0.400. The van der Waals surface area contributed by atoms with E-state index in [-0.39, 0.29) is 11.8 Å². The number of allylic oxidation sites excluding steroid dienone is 1. The molecule has 0 bridgehead atoms. The van der Waals surface area contributed by atoms with Crippen LogP contribution >= 0.6 is 0 Å². The van der Waals surface area contributed by atoms with E-state index in [0.29, 0.717) is 23.7 Å². The Balaban J connectivity index is 2.10. The van der Waals surface area contributed by atoms with Crippen molar-refractivity contribution in [2.45, 2.75) is 39.7 Å². The molecule has 0 aliphatic carbocycles. The molecule has 134 valence electrons. The second kappa shape index (κ2) is 9.06. The van der Waals surface area contributed by atoms with Gasteiger partial charge in [0, 0.05) is 12.2 Å². The van der Waals surface area contributed by atoms with E-state index in [4.69, 9.17) is 9.47 Å². The normalized spacial score (nSPS) is 11.2. The molecular formula is C20H26N2O3. The zero-order valence-corrected chi connectivity index (χ0v) is 15.4. The van der Waals surface area contributed by atoms with Crippen molar-refractivity contribution in [1.82, 2.24) is 9.78 Å². The molecule has 0 saturated carbocycles. The van der Waals surface area contributed by atoms with E-state index >= 15 is 0 Å². The van der Waals surface area contributed by atoms with Crippen LogP contribution in [0.1, 0.15) is 55.6 Å². The summed E-state index contributed by atoms with van der Waals surface area (Å²) in [6.45, 7) is 6.81. The molecule has 5 heteroatoms. The number of aromatic nitrogens is 2. The first-order valence-corrected chi connectivity index (χ1v) is 8.62. The van der Waals surface area contributed by atoms with Crippen molar-refractivity contribution in [1.29, 1.82) is 0 Å². The minimum atomic E-state index is -0.0730. The first-order chi connectivity index (χ1) is 12.0. The Hall–Kier alpha value is -2.56. The third-order valence-electron chi connectivity index (χ3n) is 3.79. The molecule has 1 heterocycles. The fourth-order valence-corrected chi connectivity index (χ4v) is 2.25. The average Bonchev–Trinajstić information content (AvgIpc) is 3.10. The van der Waals surface area contributed by atoms with Gasteiger partial charge in [-0.05, 0) is 44.0 Å². The van der Waals surface area contributed by atoms with Gasteiger partial charge in [-0.25, -0.2) is 0 Å². The predicted octanol–water partition coefficient (Wildman–Crippen LogP) is 4.55. The number of ether oxygens (including phenoxy) is 2. The van der Waals surface area contributed by atoms with Crippen molar-refractivity contribution in [3.05, 3.63) is 47.8 Å². The number of carbonyl (C=O) groups is 1. The Kier molecular flexibility index (Phi) is 6.81. The molecule has 0 radical (unpaired) electrons. The van der Waals surface area contributed by atoms with E-state index in [1.54, 1.807) is 36.3 Å². The van der Waals surface area contributed by atoms with Crippen LogP contribution in [0.15, 0.2) is 36.7 Å². The van der Waals surface area contributed by atoms with Gasteiger partial charge in [0.05, 0.1) is 25.5 Å². The van der Waals surface area contributed by atoms with E-state index < -0.39 is 0 Å². The van der Waals surface area contributed by atoms with Crippen molar-refractivity contribution < 1.29 is 14.3 Å². The van der Waals surface area contributed by atoms with Gasteiger partial charge >= 0.3 is 0 Å². The Morgan fingerprint density at radius 1 is 1.32 bits per heavy atom. The molecule has 2 aromatic rings. The second-order valence-corrected chi connectivity index (χ2v) is 6.11. The molecule has 25 heavy (non-hydrogen) atoms. The van der Waals surface area contributed by atoms with Gasteiger partial charge in [-0.15, -0.1) is 0 Å². The monoisotopic (exact) mass is 342 g/mol. The van der Waals surface area contributed by atoms with Crippen molar-refractivity contribution in [2.75, 3.05) is 13.7 Å². The van der Waals surface area contributed by atoms with Gasteiger partial charge in [0.1, 0.15) is 0 Å². The minimum Gasteiger partial charge on any atom is -0.493 e. The van der Waals surface area contributed by atoms with Crippen LogP contribution in [0.5, 0.6) is 11.5 Å². The summed E-state index contributed by atoms with van der Waals surface area (Å²) in [6.07, 6.45) is 8.76. The summed E-state index contributed by atoms with van der Waals surface area (Å²) in [6, 6.07) is 5.86. The van der Waals surface area contributed by atoms with Gasteiger partial charge in [0.15, 0.2) is 17.3 Å². The lowest BCUT2D eigenvalue weighted by atomic mass is 10.1. The minimum absolute atomic E-state index is 0.0730. The Morgan fingerprint density at radius 3 is 2.76 bits per heavy atom. The van der Waals surface area contributed by atoms with E-state index in [1.165, 1.54) is 0 Å². The highest BCUT2D eigenvalue weighted by Gasteiger charge is 2.08. The quantitative estimate of drug-likeness (QED) is 0.381. The number of ketones is 1. The standard InChI is InChI=1S/C20H26N2O3/c1-5-6-11-25-20-12-16(8-10-19(20)24-4)7-9-18(23)17-13-21-22(14-17)15(2)3/h7-10,12-15H,5-6,11H2,1-4H3/b9-7+. The summed E-state index contributed by atoms with van der Waals surface area (Å²) in [5.74, 6) is 1.31. The Labute approximate surface area is 149 Å². The summed E-state index contributed by atoms with van der Waals surface area (Å²) >= 11 is 0. The molecule has 0 spiro atoms. The van der Waals surface area contributed by atoms with Crippen molar-refractivity contribution >= 4 is 11.9 Å². The van der Waals surface area contributed by atoms with Crippen LogP contribution in [0.2, 0.25) is 0 Å². The molecule has 2 rings (SSSR count). The summed E-state index contributed by atoms with van der Waals surface area (Å²) in [5.41, 5.74) is 1.47. The van der Waals surface area contributed by atoms with Gasteiger partial charge in [0.2, 0.25) is 0 Å². The number of nitrogens with zero attached hydrogens (tertiary/aromatic N) is 2. The summed E-state index contributed by atoms with van der Waals surface area (Å²) in [4.78, 5) is 12.3. The highest BCUT2D eigenvalue weighted by molar-refractivity contribution is 6.06. The maximum absolute atomic E-state index is 12.3. The maximum Gasteiger partial charge on any atom is 0.189 e. The number of hydrogen-bond donors (Lipinski definition) is 0. The van der Waals surface area contributed by atoms with Crippen LogP contribution in [-0.4, -0.2) is 29.3 Å². The van der Waals surface area contributed by atoms with Crippen LogP contribution in [-0.2, 0) is 0 Å². The van der Waals surface area contributed by atoms with Gasteiger partial charge in [0.25, 0.3) is 0 Å². The lowest BCUT2D eigenvalue weighted by Gasteiger charge is -2.11. The molecule has 0 atom stereocenters. The van der Waals surface area contributed by atoms with Crippen LogP contribution in [0.25, 0.3) is 6.08 Å². The molecule has 0 fully saturated rings.